The van der Waals surface area contributed by atoms with Gasteiger partial charge in [0, 0.05) is 32.0 Å². The lowest BCUT2D eigenvalue weighted by Crippen LogP contribution is -2.39. The summed E-state index contributed by atoms with van der Waals surface area (Å²) in [5, 5.41) is 11.5. The smallest absolute Gasteiger partial charge is 0.207 e. The van der Waals surface area contributed by atoms with Gasteiger partial charge in [-0.25, -0.2) is 15.0 Å². The summed E-state index contributed by atoms with van der Waals surface area (Å²) in [5.74, 6) is -0.374. The first-order valence-corrected chi connectivity index (χ1v) is 26.9. The third-order valence-electron chi connectivity index (χ3n) is 12.7. The Balaban J connectivity index is 0.000000121. The average molecular weight is 1280 g/mol. The van der Waals surface area contributed by atoms with Crippen LogP contribution < -0.4 is 0 Å². The van der Waals surface area contributed by atoms with Gasteiger partial charge in [0.2, 0.25) is 5.78 Å². The Morgan fingerprint density at radius 2 is 1.08 bits per heavy atom. The number of hydrogen-bond donors (Lipinski definition) is 1. The van der Waals surface area contributed by atoms with Crippen LogP contribution in [0.2, 0.25) is 0 Å². The van der Waals surface area contributed by atoms with E-state index in [-0.39, 0.29) is 80.9 Å². The van der Waals surface area contributed by atoms with Gasteiger partial charge in [0.25, 0.3) is 0 Å². The van der Waals surface area contributed by atoms with Gasteiger partial charge >= 0.3 is 0 Å². The maximum absolute atomic E-state index is 11.7. The van der Waals surface area contributed by atoms with E-state index in [1.807, 2.05) is 88.8 Å². The molecule has 75 heavy (non-hydrogen) atoms. The summed E-state index contributed by atoms with van der Waals surface area (Å²) >= 11 is 13.4. The molecule has 2 atom stereocenters. The number of aromatic nitrogens is 6. The van der Waals surface area contributed by atoms with Crippen LogP contribution in [-0.2, 0) is 68.3 Å². The second-order valence-electron chi connectivity index (χ2n) is 18.0. The number of rotatable bonds is 2. The van der Waals surface area contributed by atoms with Gasteiger partial charge in [-0.2, -0.15) is 0 Å². The van der Waals surface area contributed by atoms with E-state index in [2.05, 4.69) is 125 Å². The normalized spacial score (nSPS) is 19.3. The van der Waals surface area contributed by atoms with Crippen molar-refractivity contribution in [1.29, 1.82) is 0 Å². The van der Waals surface area contributed by atoms with E-state index in [9.17, 15) is 29.1 Å². The Bertz CT molecular complexity index is 3470. The first-order valence-electron chi connectivity index (χ1n) is 23.6. The minimum absolute atomic E-state index is 0.0122. The minimum atomic E-state index is -1.20. The molecule has 0 amide bonds. The predicted molar refractivity (Wildman–Crippen MR) is 288 cm³/mol. The summed E-state index contributed by atoms with van der Waals surface area (Å²) in [4.78, 5) is 66.6. The first-order chi connectivity index (χ1) is 36.1. The highest BCUT2D eigenvalue weighted by Gasteiger charge is 2.42. The van der Waals surface area contributed by atoms with Crippen molar-refractivity contribution in [2.24, 2.45) is 0 Å². The summed E-state index contributed by atoms with van der Waals surface area (Å²) in [5.41, 5.74) is 11.1. The number of pyridine rings is 3. The summed E-state index contributed by atoms with van der Waals surface area (Å²) < 4.78 is 34.7. The molecule has 2 fully saturated rings. The van der Waals surface area contributed by atoms with E-state index >= 15 is 0 Å². The molecule has 0 saturated carbocycles. The van der Waals surface area contributed by atoms with Gasteiger partial charge in [-0.15, -0.1) is 0 Å². The molecule has 17 nitrogen and oxygen atoms in total. The summed E-state index contributed by atoms with van der Waals surface area (Å²) in [6.07, 6.45) is 5.96. The van der Waals surface area contributed by atoms with Crippen LogP contribution in [-0.4, -0.2) is 113 Å². The van der Waals surface area contributed by atoms with Gasteiger partial charge in [0.05, 0.1) is 73.8 Å². The molecule has 0 radical (unpaired) electrons. The van der Waals surface area contributed by atoms with E-state index < -0.39 is 10.4 Å². The van der Waals surface area contributed by atoms with Gasteiger partial charge in [0.15, 0.2) is 28.7 Å². The largest absolute Gasteiger partial charge is 0.376 e. The second kappa shape index (κ2) is 23.8. The number of aryl methyl sites for hydroxylation is 2. The molecule has 0 spiro atoms. The number of aliphatic hydroxyl groups is 1. The van der Waals surface area contributed by atoms with Gasteiger partial charge in [-0.3, -0.25) is 32.8 Å². The Kier molecular flexibility index (Phi) is 17.3. The van der Waals surface area contributed by atoms with Gasteiger partial charge in [-0.05, 0) is 120 Å². The van der Waals surface area contributed by atoms with Crippen LogP contribution in [0.15, 0.2) is 117 Å². The number of imidazole rings is 3. The molecule has 6 aromatic heterocycles. The topological polar surface area (TPSA) is 204 Å². The molecule has 21 heteroatoms. The first kappa shape index (κ1) is 54.3. The van der Waals surface area contributed by atoms with Crippen LogP contribution in [0.5, 0.6) is 0 Å². The number of fused-ring (bicyclic) bond motifs is 9. The summed E-state index contributed by atoms with van der Waals surface area (Å²) in [6, 6.07) is 28.1. The Morgan fingerprint density at radius 1 is 0.560 bits per heavy atom. The highest BCUT2D eigenvalue weighted by Crippen LogP contribution is 2.39. The minimum Gasteiger partial charge on any atom is -0.376 e. The monoisotopic (exact) mass is 1270 g/mol. The van der Waals surface area contributed by atoms with Crippen LogP contribution in [0.4, 0.5) is 0 Å². The molecule has 2 unspecified atom stereocenters. The van der Waals surface area contributed by atoms with Crippen molar-refractivity contribution in [2.75, 3.05) is 46.2 Å². The molecule has 2 aromatic carbocycles. The third kappa shape index (κ3) is 12.1. The highest BCUT2D eigenvalue weighted by atomic mass is 79.9. The second-order valence-corrected chi connectivity index (χ2v) is 21.7. The van der Waals surface area contributed by atoms with E-state index in [4.69, 9.17) is 19.2 Å². The van der Waals surface area contributed by atoms with E-state index in [1.165, 1.54) is 16.8 Å². The number of ketones is 5. The maximum atomic E-state index is 11.7. The van der Waals surface area contributed by atoms with E-state index in [1.54, 1.807) is 0 Å². The van der Waals surface area contributed by atoms with Crippen molar-refractivity contribution in [3.05, 3.63) is 173 Å². The van der Waals surface area contributed by atoms with Crippen LogP contribution in [0.3, 0.4) is 0 Å². The molecule has 0 aliphatic carbocycles. The number of halogens is 4. The number of benzene rings is 2. The van der Waals surface area contributed by atoms with Crippen molar-refractivity contribution in [1.82, 2.24) is 28.2 Å². The molecule has 0 bridgehead atoms. The number of carbonyl (C=O) groups excluding carboxylic acids is 5. The zero-order valence-corrected chi connectivity index (χ0v) is 46.8. The van der Waals surface area contributed by atoms with Crippen molar-refractivity contribution in [2.45, 2.75) is 56.4 Å². The number of nitrogens with zero attached hydrogens (tertiary/aromatic N) is 6. The van der Waals surface area contributed by atoms with Crippen LogP contribution in [0.1, 0.15) is 73.6 Å². The van der Waals surface area contributed by atoms with Crippen molar-refractivity contribution in [3.63, 3.8) is 0 Å². The fourth-order valence-corrected chi connectivity index (χ4v) is 10.6. The van der Waals surface area contributed by atoms with Crippen molar-refractivity contribution >= 4 is 110 Å². The molecule has 5 aliphatic heterocycles. The molecular weight excluding hydrogens is 1230 g/mol. The SMILES string of the molecule is Cc1ccccc1C1(O)COCc2nc3ccc(Br)cn3c21.Cc1ccccc1C1COCc2nc3ccc(Br)cn3c21.O=C1COCC(=O)C1.O=C1COCC(=O)C1Br.O=C1COCc2nc3ccc(Br)cn3c21. The molecule has 13 rings (SSSR count). The maximum Gasteiger partial charge on any atom is 0.207 e. The van der Waals surface area contributed by atoms with E-state index in [0.29, 0.717) is 32.1 Å². The lowest BCUT2D eigenvalue weighted by Gasteiger charge is -2.33. The number of carbonyl (C=O) groups is 5. The number of ether oxygens (including phenoxy) is 5. The van der Waals surface area contributed by atoms with Gasteiger partial charge < -0.3 is 33.2 Å². The Morgan fingerprint density at radius 3 is 1.71 bits per heavy atom. The molecule has 11 heterocycles. The average Bonchev–Trinajstić information content (AvgIpc) is 4.10. The number of Topliss-reactive ketones (excluding diaryl/α,β-unsaturated/α-hetero) is 5. The van der Waals surface area contributed by atoms with E-state index in [0.717, 1.165) is 64.3 Å². The summed E-state index contributed by atoms with van der Waals surface area (Å²) in [7, 11) is 0. The van der Waals surface area contributed by atoms with Crippen molar-refractivity contribution in [3.8, 4) is 0 Å². The Labute approximate surface area is 463 Å². The quantitative estimate of drug-likeness (QED) is 0.127. The summed E-state index contributed by atoms with van der Waals surface area (Å²) in [6.45, 7) is 7.01. The molecule has 388 valence electrons. The van der Waals surface area contributed by atoms with Crippen LogP contribution in [0, 0.1) is 13.8 Å². The highest BCUT2D eigenvalue weighted by molar-refractivity contribution is 9.11. The predicted octanol–water partition coefficient (Wildman–Crippen LogP) is 8.51. The van der Waals surface area contributed by atoms with Gasteiger partial charge in [0.1, 0.15) is 60.5 Å². The molecular formula is C54H48Br4N6O11. The van der Waals surface area contributed by atoms with Crippen molar-refractivity contribution < 1.29 is 52.8 Å². The van der Waals surface area contributed by atoms with Gasteiger partial charge in [-0.1, -0.05) is 64.5 Å². The van der Waals surface area contributed by atoms with Crippen LogP contribution >= 0.6 is 63.7 Å². The lowest BCUT2D eigenvalue weighted by molar-refractivity contribution is -0.139. The third-order valence-corrected chi connectivity index (χ3v) is 15.1. The zero-order valence-electron chi connectivity index (χ0n) is 40.5. The molecule has 8 aromatic rings. The molecule has 1 N–H and O–H groups in total. The number of hydrogen-bond acceptors (Lipinski definition) is 14. The van der Waals surface area contributed by atoms with Crippen LogP contribution in [0.25, 0.3) is 16.9 Å². The Hall–Kier alpha value is -5.46. The number of alkyl halides is 1. The molecule has 2 saturated heterocycles. The fraction of sp³-hybridized carbons (Fsp3) is 0.296. The lowest BCUT2D eigenvalue weighted by atomic mass is 9.86. The zero-order chi connectivity index (χ0) is 53.0. The standard InChI is InChI=1S/C17H15BrN2O2.C17H15BrN2O.C10H7BrN2O2.C5H5BrO3.C5H6O3/c1-11-4-2-3-5-13(11)17(21)10-22-9-14-16(17)20-8-12(18)6-7-15(20)19-14;1-11-4-2-3-5-13(11)14-9-21-10-15-17(14)20-8-12(18)6-7-16(20)19-15;11-6-1-2-9-12-7-4-15-5-8(14)10(7)13(9)3-6;6-5-3(7)1-9-2-4(5)8;6-4-1-5(7)3-8-2-4/h2-8,21H,9-10H2,1H3;2-8,14H,9-10H2,1H3;1-3H,4-5H2;5H,1-2H2;1-3H2. The molecule has 5 aliphatic rings. The fourth-order valence-electron chi connectivity index (χ4n) is 9.29.